The Morgan fingerprint density at radius 2 is 0.981 bits per heavy atom. The summed E-state index contributed by atoms with van der Waals surface area (Å²) in [5, 5.41) is 0. The lowest BCUT2D eigenvalue weighted by molar-refractivity contribution is -0.154. The molecule has 0 aliphatic rings. The number of nitrogens with two attached hydrogens (primary N) is 1. The van der Waals surface area contributed by atoms with Gasteiger partial charge in [-0.3, -0.25) is 13.8 Å². The first-order valence-electron chi connectivity index (χ1n) is 22.1. The molecule has 0 amide bonds. The minimum Gasteiger partial charge on any atom is -0.457 e. The Kier molecular flexibility index (Phi) is 41.4. The number of hydrogen-bond acceptors (Lipinski definition) is 7. The lowest BCUT2D eigenvalue weighted by atomic mass is 10.1. The van der Waals surface area contributed by atoms with Crippen LogP contribution in [0.5, 0.6) is 0 Å². The van der Waals surface area contributed by atoms with E-state index in [4.69, 9.17) is 24.3 Å². The fourth-order valence-electron chi connectivity index (χ4n) is 5.94. The molecule has 9 heteroatoms. The van der Waals surface area contributed by atoms with E-state index in [0.717, 1.165) is 64.2 Å². The molecule has 0 saturated carbocycles. The first-order valence-corrected chi connectivity index (χ1v) is 23.6. The summed E-state index contributed by atoms with van der Waals surface area (Å²) in [5.74, 6) is -0.343. The van der Waals surface area contributed by atoms with Crippen LogP contribution in [0.15, 0.2) is 48.6 Å². The van der Waals surface area contributed by atoms with Gasteiger partial charge in [-0.15, -0.1) is 0 Å². The van der Waals surface area contributed by atoms with E-state index in [9.17, 15) is 14.3 Å². The predicted octanol–water partition coefficient (Wildman–Crippen LogP) is 13.2. The molecule has 0 radical (unpaired) electrons. The smallest absolute Gasteiger partial charge is 0.457 e. The third kappa shape index (κ3) is 41.6. The van der Waals surface area contributed by atoms with Gasteiger partial charge in [0, 0.05) is 19.6 Å². The molecule has 0 fully saturated rings. The maximum Gasteiger partial charge on any atom is 0.472 e. The zero-order chi connectivity index (χ0) is 39.5. The second kappa shape index (κ2) is 42.6. The van der Waals surface area contributed by atoms with E-state index in [2.05, 4.69) is 62.5 Å². The molecule has 316 valence electrons. The molecule has 3 N–H and O–H groups in total. The van der Waals surface area contributed by atoms with E-state index in [-0.39, 0.29) is 32.3 Å². The van der Waals surface area contributed by atoms with Gasteiger partial charge in [-0.1, -0.05) is 159 Å². The van der Waals surface area contributed by atoms with Crippen LogP contribution >= 0.6 is 7.82 Å². The van der Waals surface area contributed by atoms with Crippen LogP contribution in [0.2, 0.25) is 0 Å². The first-order chi connectivity index (χ1) is 26.4. The Bertz CT molecular complexity index is 968. The number of allylic oxidation sites excluding steroid dienone is 8. The zero-order valence-electron chi connectivity index (χ0n) is 35.0. The van der Waals surface area contributed by atoms with Crippen molar-refractivity contribution in [1.29, 1.82) is 0 Å². The number of esters is 1. The number of rotatable bonds is 42. The minimum atomic E-state index is -4.28. The molecular weight excluding hydrogens is 697 g/mol. The van der Waals surface area contributed by atoms with Crippen LogP contribution in [-0.4, -0.2) is 49.9 Å². The van der Waals surface area contributed by atoms with Crippen molar-refractivity contribution in [3.8, 4) is 0 Å². The molecule has 2 unspecified atom stereocenters. The molecule has 0 aromatic rings. The molecular formula is C45H84NO7P. The Morgan fingerprint density at radius 1 is 0.556 bits per heavy atom. The van der Waals surface area contributed by atoms with Crippen molar-refractivity contribution in [2.75, 3.05) is 33.0 Å². The first kappa shape index (κ1) is 52.5. The largest absolute Gasteiger partial charge is 0.472 e. The summed E-state index contributed by atoms with van der Waals surface area (Å²) in [6, 6.07) is 0. The van der Waals surface area contributed by atoms with Crippen LogP contribution < -0.4 is 5.73 Å². The van der Waals surface area contributed by atoms with Crippen LogP contribution in [0.25, 0.3) is 0 Å². The van der Waals surface area contributed by atoms with Crippen molar-refractivity contribution in [1.82, 2.24) is 0 Å². The fourth-order valence-corrected chi connectivity index (χ4v) is 6.70. The van der Waals surface area contributed by atoms with Gasteiger partial charge in [0.25, 0.3) is 0 Å². The van der Waals surface area contributed by atoms with Crippen molar-refractivity contribution in [3.05, 3.63) is 48.6 Å². The SMILES string of the molecule is CCCCC/C=C\C/C=C\C/C=C\CCCCCCCCCOCC(COP(=O)(O)OCCN)OC(=O)CCCCCCC/C=C\CCCCCCCC. The van der Waals surface area contributed by atoms with Crippen LogP contribution in [0.1, 0.15) is 194 Å². The van der Waals surface area contributed by atoms with Gasteiger partial charge in [0.1, 0.15) is 6.10 Å². The number of hydrogen-bond donors (Lipinski definition) is 2. The number of phosphoric acid groups is 1. The van der Waals surface area contributed by atoms with Crippen molar-refractivity contribution in [3.63, 3.8) is 0 Å². The fraction of sp³-hybridized carbons (Fsp3) is 0.800. The Morgan fingerprint density at radius 3 is 1.52 bits per heavy atom. The van der Waals surface area contributed by atoms with Crippen LogP contribution in [0, 0.1) is 0 Å². The summed E-state index contributed by atoms with van der Waals surface area (Å²) < 4.78 is 33.4. The van der Waals surface area contributed by atoms with E-state index in [0.29, 0.717) is 13.0 Å². The summed E-state index contributed by atoms with van der Waals surface area (Å²) in [7, 11) is -4.28. The van der Waals surface area contributed by atoms with Gasteiger partial charge >= 0.3 is 13.8 Å². The summed E-state index contributed by atoms with van der Waals surface area (Å²) in [6.07, 6.45) is 49.8. The lowest BCUT2D eigenvalue weighted by Crippen LogP contribution is -2.28. The number of phosphoric ester groups is 1. The Balaban J connectivity index is 4.05. The number of carbonyl (C=O) groups excluding carboxylic acids is 1. The minimum absolute atomic E-state index is 0.0959. The van der Waals surface area contributed by atoms with Gasteiger partial charge in [0.15, 0.2) is 0 Å². The predicted molar refractivity (Wildman–Crippen MR) is 229 cm³/mol. The molecule has 2 atom stereocenters. The summed E-state index contributed by atoms with van der Waals surface area (Å²) in [4.78, 5) is 22.5. The summed E-state index contributed by atoms with van der Waals surface area (Å²) in [6.45, 7) is 4.86. The number of carbonyl (C=O) groups is 1. The van der Waals surface area contributed by atoms with Crippen molar-refractivity contribution in [2.24, 2.45) is 5.73 Å². The van der Waals surface area contributed by atoms with Crippen molar-refractivity contribution >= 4 is 13.8 Å². The summed E-state index contributed by atoms with van der Waals surface area (Å²) >= 11 is 0. The molecule has 0 aliphatic heterocycles. The van der Waals surface area contributed by atoms with Gasteiger partial charge in [-0.05, 0) is 77.0 Å². The number of unbranched alkanes of at least 4 members (excludes halogenated alkanes) is 21. The highest BCUT2D eigenvalue weighted by atomic mass is 31.2. The van der Waals surface area contributed by atoms with Gasteiger partial charge in [-0.25, -0.2) is 4.57 Å². The monoisotopic (exact) mass is 782 g/mol. The standard InChI is InChI=1S/C45H84NO7P/c1-3-5-7-9-11-13-15-17-19-20-21-22-23-25-27-29-31-33-35-37-40-50-42-44(43-52-54(48,49)51-41-39-46)53-45(47)38-36-34-32-30-28-26-24-18-16-14-12-10-8-6-4-2/h11,13,17-19,21-22,24,44H,3-10,12,14-16,20,23,25-43,46H2,1-2H3,(H,48,49)/b13-11-,19-17-,22-21-,24-18-. The Hall–Kier alpha value is -1.54. The molecule has 0 aliphatic carbocycles. The topological polar surface area (TPSA) is 117 Å². The Labute approximate surface area is 332 Å². The molecule has 8 nitrogen and oxygen atoms in total. The molecule has 0 rings (SSSR count). The van der Waals surface area contributed by atoms with Crippen LogP contribution in [-0.2, 0) is 27.9 Å². The zero-order valence-corrected chi connectivity index (χ0v) is 35.8. The van der Waals surface area contributed by atoms with E-state index in [1.165, 1.54) is 109 Å². The second-order valence-corrected chi connectivity index (χ2v) is 16.0. The lowest BCUT2D eigenvalue weighted by Gasteiger charge is -2.20. The van der Waals surface area contributed by atoms with E-state index in [1.807, 2.05) is 0 Å². The average Bonchev–Trinajstić information content (AvgIpc) is 3.16. The number of ether oxygens (including phenoxy) is 2. The van der Waals surface area contributed by atoms with Crippen molar-refractivity contribution in [2.45, 2.75) is 200 Å². The second-order valence-electron chi connectivity index (χ2n) is 14.6. The molecule has 54 heavy (non-hydrogen) atoms. The maximum absolute atomic E-state index is 12.6. The molecule has 0 saturated heterocycles. The molecule has 0 aromatic heterocycles. The van der Waals surface area contributed by atoms with Crippen LogP contribution in [0.3, 0.4) is 0 Å². The van der Waals surface area contributed by atoms with E-state index in [1.54, 1.807) is 0 Å². The highest BCUT2D eigenvalue weighted by Crippen LogP contribution is 2.43. The van der Waals surface area contributed by atoms with Crippen molar-refractivity contribution < 1.29 is 32.8 Å². The average molecular weight is 782 g/mol. The summed E-state index contributed by atoms with van der Waals surface area (Å²) in [5.41, 5.74) is 5.37. The third-order valence-corrected chi connectivity index (χ3v) is 10.2. The van der Waals surface area contributed by atoms with Gasteiger partial charge in [0.05, 0.1) is 19.8 Å². The normalized spacial score (nSPS) is 13.9. The van der Waals surface area contributed by atoms with Crippen LogP contribution in [0.4, 0.5) is 0 Å². The van der Waals surface area contributed by atoms with Gasteiger partial charge in [-0.2, -0.15) is 0 Å². The maximum atomic E-state index is 12.6. The molecule has 0 heterocycles. The third-order valence-electron chi connectivity index (χ3n) is 9.22. The van der Waals surface area contributed by atoms with Gasteiger partial charge in [0.2, 0.25) is 0 Å². The molecule has 0 spiro atoms. The molecule has 0 aromatic carbocycles. The highest BCUT2D eigenvalue weighted by Gasteiger charge is 2.25. The molecule has 0 bridgehead atoms. The van der Waals surface area contributed by atoms with Gasteiger partial charge < -0.3 is 20.1 Å². The highest BCUT2D eigenvalue weighted by molar-refractivity contribution is 7.47. The quantitative estimate of drug-likeness (QED) is 0.0272. The van der Waals surface area contributed by atoms with E-state index >= 15 is 0 Å². The van der Waals surface area contributed by atoms with E-state index < -0.39 is 13.9 Å².